The SMILES string of the molecule is CCCCC(C(=O)OCC)n1ccc(C(F)(F)F)n1. The quantitative estimate of drug-likeness (QED) is 0.751. The van der Waals surface area contributed by atoms with Crippen LogP contribution in [-0.2, 0) is 15.7 Å². The van der Waals surface area contributed by atoms with E-state index >= 15 is 0 Å². The molecule has 4 nitrogen and oxygen atoms in total. The van der Waals surface area contributed by atoms with Crippen molar-refractivity contribution in [3.63, 3.8) is 0 Å². The lowest BCUT2D eigenvalue weighted by Gasteiger charge is -2.15. The van der Waals surface area contributed by atoms with Gasteiger partial charge in [0, 0.05) is 6.20 Å². The van der Waals surface area contributed by atoms with Crippen molar-refractivity contribution in [2.24, 2.45) is 0 Å². The molecule has 7 heteroatoms. The van der Waals surface area contributed by atoms with Crippen LogP contribution in [0.1, 0.15) is 44.8 Å². The van der Waals surface area contributed by atoms with Gasteiger partial charge in [0.2, 0.25) is 0 Å². The lowest BCUT2D eigenvalue weighted by Crippen LogP contribution is -2.23. The fourth-order valence-electron chi connectivity index (χ4n) is 1.66. The van der Waals surface area contributed by atoms with E-state index in [4.69, 9.17) is 4.74 Å². The zero-order chi connectivity index (χ0) is 14.5. The first-order valence-corrected chi connectivity index (χ1v) is 6.19. The minimum Gasteiger partial charge on any atom is -0.464 e. The summed E-state index contributed by atoms with van der Waals surface area (Å²) in [7, 11) is 0. The molecule has 1 aromatic heterocycles. The number of hydrogen-bond acceptors (Lipinski definition) is 3. The number of aromatic nitrogens is 2. The number of rotatable bonds is 6. The smallest absolute Gasteiger partial charge is 0.435 e. The summed E-state index contributed by atoms with van der Waals surface area (Å²) in [5.74, 6) is -0.548. The number of nitrogens with zero attached hydrogens (tertiary/aromatic N) is 2. The number of carbonyl (C=O) groups excluding carboxylic acids is 1. The number of carbonyl (C=O) groups is 1. The molecule has 108 valence electrons. The Morgan fingerprint density at radius 2 is 2.16 bits per heavy atom. The number of esters is 1. The Hall–Kier alpha value is -1.53. The second-order valence-corrected chi connectivity index (χ2v) is 4.09. The van der Waals surface area contributed by atoms with Gasteiger partial charge >= 0.3 is 12.1 Å². The first-order chi connectivity index (χ1) is 8.90. The minimum absolute atomic E-state index is 0.189. The average Bonchev–Trinajstić information content (AvgIpc) is 2.79. The first-order valence-electron chi connectivity index (χ1n) is 6.19. The lowest BCUT2D eigenvalue weighted by molar-refractivity contribution is -0.149. The van der Waals surface area contributed by atoms with Gasteiger partial charge in [0.05, 0.1) is 6.61 Å². The molecule has 0 radical (unpaired) electrons. The van der Waals surface area contributed by atoms with E-state index < -0.39 is 23.9 Å². The van der Waals surface area contributed by atoms with Gasteiger partial charge in [-0.2, -0.15) is 18.3 Å². The number of alkyl halides is 3. The third-order valence-corrected chi connectivity index (χ3v) is 2.61. The van der Waals surface area contributed by atoms with E-state index in [0.29, 0.717) is 12.8 Å². The summed E-state index contributed by atoms with van der Waals surface area (Å²) in [6, 6.07) is 0.0639. The number of halogens is 3. The van der Waals surface area contributed by atoms with Crippen molar-refractivity contribution in [2.75, 3.05) is 6.61 Å². The lowest BCUT2D eigenvalue weighted by atomic mass is 10.1. The topological polar surface area (TPSA) is 44.1 Å². The van der Waals surface area contributed by atoms with Crippen molar-refractivity contribution in [3.8, 4) is 0 Å². The molecule has 0 N–H and O–H groups in total. The summed E-state index contributed by atoms with van der Waals surface area (Å²) in [5, 5.41) is 3.43. The van der Waals surface area contributed by atoms with Crippen LogP contribution in [0.4, 0.5) is 13.2 Å². The molecule has 0 aromatic carbocycles. The predicted octanol–water partition coefficient (Wildman–Crippen LogP) is 3.20. The molecule has 19 heavy (non-hydrogen) atoms. The Bertz CT molecular complexity index is 415. The molecule has 1 rings (SSSR count). The molecule has 0 saturated carbocycles. The van der Waals surface area contributed by atoms with Crippen LogP contribution < -0.4 is 0 Å². The Morgan fingerprint density at radius 1 is 1.47 bits per heavy atom. The zero-order valence-corrected chi connectivity index (χ0v) is 10.9. The van der Waals surface area contributed by atoms with Crippen LogP contribution in [-0.4, -0.2) is 22.4 Å². The van der Waals surface area contributed by atoms with Crippen LogP contribution in [0.15, 0.2) is 12.3 Å². The van der Waals surface area contributed by atoms with Crippen LogP contribution in [0.3, 0.4) is 0 Å². The maximum atomic E-state index is 12.5. The zero-order valence-electron chi connectivity index (χ0n) is 10.9. The molecular formula is C12H17F3N2O2. The van der Waals surface area contributed by atoms with Gasteiger partial charge in [-0.25, -0.2) is 4.79 Å². The maximum Gasteiger partial charge on any atom is 0.435 e. The van der Waals surface area contributed by atoms with E-state index in [1.165, 1.54) is 6.20 Å². The predicted molar refractivity (Wildman–Crippen MR) is 62.4 cm³/mol. The van der Waals surface area contributed by atoms with Gasteiger partial charge in [0.15, 0.2) is 5.69 Å². The van der Waals surface area contributed by atoms with Crippen molar-refractivity contribution in [3.05, 3.63) is 18.0 Å². The average molecular weight is 278 g/mol. The fourth-order valence-corrected chi connectivity index (χ4v) is 1.66. The van der Waals surface area contributed by atoms with Gasteiger partial charge in [0.1, 0.15) is 6.04 Å². The Morgan fingerprint density at radius 3 is 2.63 bits per heavy atom. The Kier molecular flexibility index (Phi) is 5.38. The van der Waals surface area contributed by atoms with Crippen molar-refractivity contribution in [1.29, 1.82) is 0 Å². The summed E-state index contributed by atoms with van der Waals surface area (Å²) in [6.07, 6.45) is -1.38. The molecule has 1 aromatic rings. The van der Waals surface area contributed by atoms with Gasteiger partial charge < -0.3 is 4.74 Å². The third-order valence-electron chi connectivity index (χ3n) is 2.61. The summed E-state index contributed by atoms with van der Waals surface area (Å²) < 4.78 is 43.3. The van der Waals surface area contributed by atoms with Crippen molar-refractivity contribution >= 4 is 5.97 Å². The highest BCUT2D eigenvalue weighted by molar-refractivity contribution is 5.74. The molecular weight excluding hydrogens is 261 g/mol. The van der Waals surface area contributed by atoms with E-state index in [0.717, 1.165) is 17.2 Å². The van der Waals surface area contributed by atoms with Crippen LogP contribution in [0.5, 0.6) is 0 Å². The molecule has 0 aliphatic carbocycles. The van der Waals surface area contributed by atoms with E-state index in [-0.39, 0.29) is 6.61 Å². The summed E-state index contributed by atoms with van der Waals surface area (Å²) >= 11 is 0. The van der Waals surface area contributed by atoms with Crippen molar-refractivity contribution in [1.82, 2.24) is 9.78 Å². The summed E-state index contributed by atoms with van der Waals surface area (Å²) in [4.78, 5) is 11.7. The number of hydrogen-bond donors (Lipinski definition) is 0. The molecule has 0 saturated heterocycles. The van der Waals surface area contributed by atoms with Crippen LogP contribution in [0.2, 0.25) is 0 Å². The van der Waals surface area contributed by atoms with E-state index in [9.17, 15) is 18.0 Å². The minimum atomic E-state index is -4.50. The highest BCUT2D eigenvalue weighted by Gasteiger charge is 2.35. The summed E-state index contributed by atoms with van der Waals surface area (Å²) in [5.41, 5.74) is -1.00. The standard InChI is InChI=1S/C12H17F3N2O2/c1-3-5-6-9(11(18)19-4-2)17-8-7-10(16-17)12(13,14)15/h7-9H,3-6H2,1-2H3. The molecule has 1 unspecified atom stereocenters. The van der Waals surface area contributed by atoms with E-state index in [1.54, 1.807) is 6.92 Å². The monoisotopic (exact) mass is 278 g/mol. The molecule has 1 heterocycles. The summed E-state index contributed by atoms with van der Waals surface area (Å²) in [6.45, 7) is 3.78. The molecule has 0 aliphatic heterocycles. The van der Waals surface area contributed by atoms with Crippen molar-refractivity contribution < 1.29 is 22.7 Å². The van der Waals surface area contributed by atoms with Gasteiger partial charge in [-0.15, -0.1) is 0 Å². The molecule has 0 amide bonds. The van der Waals surface area contributed by atoms with Gasteiger partial charge in [-0.1, -0.05) is 19.8 Å². The van der Waals surface area contributed by atoms with Crippen LogP contribution in [0.25, 0.3) is 0 Å². The third kappa shape index (κ3) is 4.25. The molecule has 0 fully saturated rings. The van der Waals surface area contributed by atoms with E-state index in [1.807, 2.05) is 6.92 Å². The second kappa shape index (κ2) is 6.58. The number of ether oxygens (including phenoxy) is 1. The van der Waals surface area contributed by atoms with E-state index in [2.05, 4.69) is 5.10 Å². The molecule has 1 atom stereocenters. The normalized spacial score (nSPS) is 13.3. The van der Waals surface area contributed by atoms with Gasteiger partial charge in [-0.05, 0) is 19.4 Å². The first kappa shape index (κ1) is 15.5. The van der Waals surface area contributed by atoms with Crippen molar-refractivity contribution in [2.45, 2.75) is 45.3 Å². The molecule has 0 aliphatic rings. The van der Waals surface area contributed by atoms with Crippen LogP contribution >= 0.6 is 0 Å². The Balaban J connectivity index is 2.90. The van der Waals surface area contributed by atoms with Crippen LogP contribution in [0, 0.1) is 0 Å². The Labute approximate surface area is 109 Å². The second-order valence-electron chi connectivity index (χ2n) is 4.09. The molecule has 0 bridgehead atoms. The maximum absolute atomic E-state index is 12.5. The number of unbranched alkanes of at least 4 members (excludes halogenated alkanes) is 1. The highest BCUT2D eigenvalue weighted by atomic mass is 19.4. The highest BCUT2D eigenvalue weighted by Crippen LogP contribution is 2.28. The van der Waals surface area contributed by atoms with Gasteiger partial charge in [-0.3, -0.25) is 4.68 Å². The molecule has 0 spiro atoms. The largest absolute Gasteiger partial charge is 0.464 e. The van der Waals surface area contributed by atoms with Gasteiger partial charge in [0.25, 0.3) is 0 Å². The fraction of sp³-hybridized carbons (Fsp3) is 0.667.